The number of nitrogens with one attached hydrogen (secondary N) is 3. The molecule has 1 aliphatic rings. The molecule has 0 saturated carbocycles. The van der Waals surface area contributed by atoms with Gasteiger partial charge in [-0.15, -0.1) is 0 Å². The Hall–Kier alpha value is -4.15. The Labute approximate surface area is 213 Å². The minimum atomic E-state index is -0.409. The molecule has 0 atom stereocenters. The van der Waals surface area contributed by atoms with Crippen molar-refractivity contribution in [3.63, 3.8) is 0 Å². The molecule has 37 heavy (non-hydrogen) atoms. The quantitative estimate of drug-likeness (QED) is 0.296. The van der Waals surface area contributed by atoms with Gasteiger partial charge in [-0.1, -0.05) is 12.1 Å². The van der Waals surface area contributed by atoms with Crippen LogP contribution < -0.4 is 20.7 Å². The van der Waals surface area contributed by atoms with Gasteiger partial charge in [-0.2, -0.15) is 4.98 Å². The number of oxazole rings is 1. The number of nitrogens with zero attached hydrogens (tertiary/aromatic N) is 2. The van der Waals surface area contributed by atoms with Crippen molar-refractivity contribution in [3.8, 4) is 5.75 Å². The van der Waals surface area contributed by atoms with E-state index in [0.29, 0.717) is 36.1 Å². The van der Waals surface area contributed by atoms with Gasteiger partial charge < -0.3 is 29.8 Å². The van der Waals surface area contributed by atoms with E-state index in [4.69, 9.17) is 13.9 Å². The van der Waals surface area contributed by atoms with Crippen molar-refractivity contribution < 1.29 is 23.1 Å². The Morgan fingerprint density at radius 3 is 2.41 bits per heavy atom. The van der Waals surface area contributed by atoms with Crippen molar-refractivity contribution in [2.75, 3.05) is 55.4 Å². The van der Waals surface area contributed by atoms with Crippen LogP contribution in [0.4, 0.5) is 26.6 Å². The maximum Gasteiger partial charge on any atom is 0.323 e. The van der Waals surface area contributed by atoms with Gasteiger partial charge in [0.2, 0.25) is 0 Å². The van der Waals surface area contributed by atoms with Gasteiger partial charge in [0.1, 0.15) is 23.7 Å². The zero-order valence-corrected chi connectivity index (χ0v) is 20.2. The fourth-order valence-corrected chi connectivity index (χ4v) is 3.90. The predicted octanol–water partition coefficient (Wildman–Crippen LogP) is 4.93. The highest BCUT2D eigenvalue weighted by Crippen LogP contribution is 2.24. The van der Waals surface area contributed by atoms with E-state index in [-0.39, 0.29) is 5.82 Å². The summed E-state index contributed by atoms with van der Waals surface area (Å²) in [6.07, 6.45) is 0. The zero-order chi connectivity index (χ0) is 25.5. The zero-order valence-electron chi connectivity index (χ0n) is 20.2. The number of carbonyl (C=O) groups excluding carboxylic acids is 1. The van der Waals surface area contributed by atoms with E-state index in [9.17, 15) is 9.18 Å². The Balaban J connectivity index is 1.09. The molecule has 0 bridgehead atoms. The lowest BCUT2D eigenvalue weighted by Crippen LogP contribution is -2.38. The number of ether oxygens (including phenoxy) is 2. The monoisotopic (exact) mass is 505 g/mol. The van der Waals surface area contributed by atoms with Crippen LogP contribution in [0.25, 0.3) is 11.1 Å². The summed E-state index contributed by atoms with van der Waals surface area (Å²) in [5, 5.41) is 8.59. The molecular formula is C27H28FN5O4. The molecule has 1 fully saturated rings. The van der Waals surface area contributed by atoms with Crippen LogP contribution in [-0.4, -0.2) is 55.4 Å². The lowest BCUT2D eigenvalue weighted by atomic mass is 10.2. The lowest BCUT2D eigenvalue weighted by molar-refractivity contribution is 0.0322. The number of benzene rings is 3. The fourth-order valence-electron chi connectivity index (χ4n) is 3.90. The highest BCUT2D eigenvalue weighted by molar-refractivity contribution is 5.99. The Morgan fingerprint density at radius 1 is 0.973 bits per heavy atom. The average Bonchev–Trinajstić information content (AvgIpc) is 3.32. The molecule has 0 unspecified atom stereocenters. The first kappa shape index (κ1) is 24.5. The van der Waals surface area contributed by atoms with E-state index in [2.05, 4.69) is 25.8 Å². The van der Waals surface area contributed by atoms with Crippen LogP contribution in [0.2, 0.25) is 0 Å². The van der Waals surface area contributed by atoms with E-state index in [1.165, 1.54) is 24.3 Å². The number of morpholine rings is 1. The number of hydrogen-bond acceptors (Lipinski definition) is 7. The molecule has 0 radical (unpaired) electrons. The van der Waals surface area contributed by atoms with Gasteiger partial charge in [0.25, 0.3) is 6.01 Å². The molecule has 1 saturated heterocycles. The molecule has 1 aromatic heterocycles. The molecule has 2 amide bonds. The van der Waals surface area contributed by atoms with Gasteiger partial charge in [0.15, 0.2) is 5.58 Å². The summed E-state index contributed by atoms with van der Waals surface area (Å²) in [5.41, 5.74) is 3.52. The molecule has 2 heterocycles. The number of aromatic nitrogens is 1. The molecule has 4 aromatic rings. The molecule has 0 spiro atoms. The molecular weight excluding hydrogens is 477 g/mol. The summed E-state index contributed by atoms with van der Waals surface area (Å²) >= 11 is 0. The Bertz CT molecular complexity index is 1320. The fraction of sp³-hybridized carbons (Fsp3) is 0.259. The third-order valence-corrected chi connectivity index (χ3v) is 5.90. The average molecular weight is 506 g/mol. The van der Waals surface area contributed by atoms with Crippen LogP contribution in [0.3, 0.4) is 0 Å². The number of amides is 2. The number of rotatable bonds is 9. The number of halogens is 1. The Morgan fingerprint density at radius 2 is 1.68 bits per heavy atom. The number of carbonyl (C=O) groups is 1. The molecule has 1 aliphatic heterocycles. The topological polar surface area (TPSA) is 101 Å². The summed E-state index contributed by atoms with van der Waals surface area (Å²) in [6.45, 7) is 5.38. The Kier molecular flexibility index (Phi) is 7.78. The second-order valence-corrected chi connectivity index (χ2v) is 8.59. The third kappa shape index (κ3) is 6.96. The standard InChI is InChI=1S/C27H28FN5O4/c28-20-3-7-22(8-4-20)31-26(34)30-21-5-1-19(2-6-21)18-29-27-32-24-10-9-23(17-25(24)37-27)36-16-13-33-11-14-35-15-12-33/h1-10,17H,11-16,18H2,(H,29,32)(H2,30,31,34). The largest absolute Gasteiger partial charge is 0.492 e. The van der Waals surface area contributed by atoms with E-state index in [0.717, 1.165) is 49.7 Å². The van der Waals surface area contributed by atoms with Crippen LogP contribution >= 0.6 is 0 Å². The molecule has 3 N–H and O–H groups in total. The second-order valence-electron chi connectivity index (χ2n) is 8.59. The van der Waals surface area contributed by atoms with Crippen molar-refractivity contribution in [2.45, 2.75) is 6.54 Å². The van der Waals surface area contributed by atoms with Gasteiger partial charge >= 0.3 is 6.03 Å². The molecule has 192 valence electrons. The minimum absolute atomic E-state index is 0.359. The minimum Gasteiger partial charge on any atom is -0.492 e. The number of urea groups is 1. The molecule has 0 aliphatic carbocycles. The van der Waals surface area contributed by atoms with Crippen LogP contribution in [0.1, 0.15) is 5.56 Å². The summed E-state index contributed by atoms with van der Waals surface area (Å²) in [5.74, 6) is 0.386. The van der Waals surface area contributed by atoms with E-state index < -0.39 is 6.03 Å². The smallest absolute Gasteiger partial charge is 0.323 e. The molecule has 10 heteroatoms. The molecule has 9 nitrogen and oxygen atoms in total. The van der Waals surface area contributed by atoms with Crippen molar-refractivity contribution in [2.24, 2.45) is 0 Å². The predicted molar refractivity (Wildman–Crippen MR) is 140 cm³/mol. The van der Waals surface area contributed by atoms with Gasteiger partial charge in [0.05, 0.1) is 13.2 Å². The van der Waals surface area contributed by atoms with Crippen molar-refractivity contribution in [3.05, 3.63) is 78.1 Å². The lowest BCUT2D eigenvalue weighted by Gasteiger charge is -2.26. The maximum atomic E-state index is 13.0. The third-order valence-electron chi connectivity index (χ3n) is 5.90. The summed E-state index contributed by atoms with van der Waals surface area (Å²) in [6, 6.07) is 18.6. The van der Waals surface area contributed by atoms with E-state index in [1.54, 1.807) is 12.1 Å². The number of anilines is 3. The highest BCUT2D eigenvalue weighted by atomic mass is 19.1. The first-order valence-electron chi connectivity index (χ1n) is 12.1. The molecule has 5 rings (SSSR count). The van der Waals surface area contributed by atoms with Crippen molar-refractivity contribution >= 4 is 34.5 Å². The summed E-state index contributed by atoms with van der Waals surface area (Å²) in [4.78, 5) is 18.9. The highest BCUT2D eigenvalue weighted by Gasteiger charge is 2.11. The van der Waals surface area contributed by atoms with Gasteiger partial charge in [-0.25, -0.2) is 9.18 Å². The maximum absolute atomic E-state index is 13.0. The number of fused-ring (bicyclic) bond motifs is 1. The van der Waals surface area contributed by atoms with Crippen LogP contribution in [0.5, 0.6) is 5.75 Å². The van der Waals surface area contributed by atoms with Gasteiger partial charge in [-0.05, 0) is 54.1 Å². The number of hydrogen-bond donors (Lipinski definition) is 3. The van der Waals surface area contributed by atoms with Crippen LogP contribution in [0.15, 0.2) is 71.1 Å². The van der Waals surface area contributed by atoms with Crippen molar-refractivity contribution in [1.29, 1.82) is 0 Å². The SMILES string of the molecule is O=C(Nc1ccc(F)cc1)Nc1ccc(CNc2nc3ccc(OCCN4CCOCC4)cc3o2)cc1. The summed E-state index contributed by atoms with van der Waals surface area (Å²) < 4.78 is 30.1. The molecule has 3 aromatic carbocycles. The first-order chi connectivity index (χ1) is 18.1. The van der Waals surface area contributed by atoms with Gasteiger partial charge in [-0.3, -0.25) is 4.90 Å². The normalized spacial score (nSPS) is 13.9. The second kappa shape index (κ2) is 11.7. The first-order valence-corrected chi connectivity index (χ1v) is 12.1. The van der Waals surface area contributed by atoms with Crippen molar-refractivity contribution in [1.82, 2.24) is 9.88 Å². The van der Waals surface area contributed by atoms with E-state index >= 15 is 0 Å². The van der Waals surface area contributed by atoms with Gasteiger partial charge in [0, 0.05) is 43.6 Å². The van der Waals surface area contributed by atoms with E-state index in [1.807, 2.05) is 30.3 Å². The summed E-state index contributed by atoms with van der Waals surface area (Å²) in [7, 11) is 0. The van der Waals surface area contributed by atoms with Crippen LogP contribution in [0, 0.1) is 5.82 Å². The van der Waals surface area contributed by atoms with Crippen LogP contribution in [-0.2, 0) is 11.3 Å².